The molecule has 1 rings (SSSR count). The van der Waals surface area contributed by atoms with Gasteiger partial charge in [0, 0.05) is 18.3 Å². The molecule has 12 heavy (non-hydrogen) atoms. The highest BCUT2D eigenvalue weighted by molar-refractivity contribution is 6.20. The van der Waals surface area contributed by atoms with E-state index in [1.165, 1.54) is 0 Å². The molecule has 0 saturated heterocycles. The normalized spacial score (nSPS) is 13.2. The van der Waals surface area contributed by atoms with Gasteiger partial charge in [-0.05, 0) is 12.8 Å². The Morgan fingerprint density at radius 2 is 2.33 bits per heavy atom. The summed E-state index contributed by atoms with van der Waals surface area (Å²) in [5.41, 5.74) is 1.13. The molecule has 1 unspecified atom stereocenters. The molecule has 3 heteroatoms. The standard InChI is InChI=1S/C9H15ClN2/c1-3-5-12-7-8(6-11-12)9(10)4-2/h6-7,9H,3-5H2,1-2H3. The zero-order valence-electron chi connectivity index (χ0n) is 7.63. The molecule has 0 amide bonds. The lowest BCUT2D eigenvalue weighted by Gasteiger charge is -2.00. The summed E-state index contributed by atoms with van der Waals surface area (Å²) in [7, 11) is 0. The Hall–Kier alpha value is -0.500. The molecule has 1 heterocycles. The van der Waals surface area contributed by atoms with Crippen LogP contribution in [-0.4, -0.2) is 9.78 Å². The summed E-state index contributed by atoms with van der Waals surface area (Å²) in [4.78, 5) is 0. The van der Waals surface area contributed by atoms with E-state index in [9.17, 15) is 0 Å². The topological polar surface area (TPSA) is 17.8 Å². The molecule has 0 spiro atoms. The number of alkyl halides is 1. The fourth-order valence-corrected chi connectivity index (χ4v) is 1.24. The van der Waals surface area contributed by atoms with Crippen LogP contribution in [-0.2, 0) is 6.54 Å². The summed E-state index contributed by atoms with van der Waals surface area (Å²) >= 11 is 6.05. The molecule has 0 aliphatic carbocycles. The van der Waals surface area contributed by atoms with Gasteiger partial charge in [-0.25, -0.2) is 0 Å². The fraction of sp³-hybridized carbons (Fsp3) is 0.667. The number of nitrogens with zero attached hydrogens (tertiary/aromatic N) is 2. The van der Waals surface area contributed by atoms with E-state index in [1.807, 2.05) is 17.1 Å². The molecule has 0 radical (unpaired) electrons. The number of hydrogen-bond donors (Lipinski definition) is 0. The maximum absolute atomic E-state index is 6.05. The van der Waals surface area contributed by atoms with Crippen LogP contribution in [0.3, 0.4) is 0 Å². The molecule has 1 aromatic rings. The molecule has 68 valence electrons. The minimum Gasteiger partial charge on any atom is -0.272 e. The van der Waals surface area contributed by atoms with Crippen molar-refractivity contribution in [1.29, 1.82) is 0 Å². The Balaban J connectivity index is 2.63. The molecule has 2 nitrogen and oxygen atoms in total. The van der Waals surface area contributed by atoms with Crippen molar-refractivity contribution in [2.75, 3.05) is 0 Å². The van der Waals surface area contributed by atoms with E-state index in [4.69, 9.17) is 11.6 Å². The van der Waals surface area contributed by atoms with Crippen LogP contribution in [0.15, 0.2) is 12.4 Å². The van der Waals surface area contributed by atoms with Crippen molar-refractivity contribution >= 4 is 11.6 Å². The summed E-state index contributed by atoms with van der Waals surface area (Å²) in [5.74, 6) is 0. The largest absolute Gasteiger partial charge is 0.272 e. The zero-order chi connectivity index (χ0) is 8.97. The van der Waals surface area contributed by atoms with Crippen molar-refractivity contribution in [1.82, 2.24) is 9.78 Å². The van der Waals surface area contributed by atoms with Gasteiger partial charge in [0.1, 0.15) is 0 Å². The highest BCUT2D eigenvalue weighted by atomic mass is 35.5. The number of hydrogen-bond acceptors (Lipinski definition) is 1. The highest BCUT2D eigenvalue weighted by Crippen LogP contribution is 2.22. The number of rotatable bonds is 4. The summed E-state index contributed by atoms with van der Waals surface area (Å²) in [6, 6.07) is 0. The predicted molar refractivity (Wildman–Crippen MR) is 51.4 cm³/mol. The van der Waals surface area contributed by atoms with E-state index in [0.717, 1.165) is 24.9 Å². The molecule has 0 N–H and O–H groups in total. The quantitative estimate of drug-likeness (QED) is 0.662. The molecule has 0 aliphatic rings. The summed E-state index contributed by atoms with van der Waals surface area (Å²) in [6.45, 7) is 5.20. The molecule has 0 aliphatic heterocycles. The second kappa shape index (κ2) is 4.51. The van der Waals surface area contributed by atoms with Gasteiger partial charge in [0.15, 0.2) is 0 Å². The second-order valence-electron chi connectivity index (χ2n) is 2.91. The summed E-state index contributed by atoms with van der Waals surface area (Å²) < 4.78 is 1.94. The summed E-state index contributed by atoms with van der Waals surface area (Å²) in [5, 5.41) is 4.33. The van der Waals surface area contributed by atoms with Crippen LogP contribution < -0.4 is 0 Å². The van der Waals surface area contributed by atoms with E-state index >= 15 is 0 Å². The Labute approximate surface area is 78.5 Å². The van der Waals surface area contributed by atoms with E-state index < -0.39 is 0 Å². The second-order valence-corrected chi connectivity index (χ2v) is 3.44. The first-order chi connectivity index (χ1) is 5.77. The van der Waals surface area contributed by atoms with Gasteiger partial charge in [-0.2, -0.15) is 5.10 Å². The SMILES string of the molecule is CCCn1cc(C(Cl)CC)cn1. The highest BCUT2D eigenvalue weighted by Gasteiger charge is 2.06. The van der Waals surface area contributed by atoms with Crippen LogP contribution in [0.5, 0.6) is 0 Å². The summed E-state index contributed by atoms with van der Waals surface area (Å²) in [6.07, 6.45) is 5.96. The van der Waals surface area contributed by atoms with Gasteiger partial charge in [-0.3, -0.25) is 4.68 Å². The third-order valence-electron chi connectivity index (χ3n) is 1.83. The van der Waals surface area contributed by atoms with Crippen molar-refractivity contribution in [3.63, 3.8) is 0 Å². The Morgan fingerprint density at radius 3 is 2.92 bits per heavy atom. The van der Waals surface area contributed by atoms with Gasteiger partial charge in [0.2, 0.25) is 0 Å². The van der Waals surface area contributed by atoms with Gasteiger partial charge in [0.25, 0.3) is 0 Å². The predicted octanol–water partition coefficient (Wildman–Crippen LogP) is 2.98. The molecular weight excluding hydrogens is 172 g/mol. The maximum Gasteiger partial charge on any atom is 0.0613 e. The minimum atomic E-state index is 0.121. The first-order valence-corrected chi connectivity index (χ1v) is 4.88. The number of aromatic nitrogens is 2. The first-order valence-electron chi connectivity index (χ1n) is 4.44. The molecular formula is C9H15ClN2. The van der Waals surface area contributed by atoms with E-state index in [0.29, 0.717) is 0 Å². The lowest BCUT2D eigenvalue weighted by Crippen LogP contribution is -1.95. The van der Waals surface area contributed by atoms with Crippen molar-refractivity contribution in [3.05, 3.63) is 18.0 Å². The third-order valence-corrected chi connectivity index (χ3v) is 2.39. The fourth-order valence-electron chi connectivity index (χ4n) is 1.13. The van der Waals surface area contributed by atoms with E-state index in [1.54, 1.807) is 0 Å². The zero-order valence-corrected chi connectivity index (χ0v) is 8.38. The van der Waals surface area contributed by atoms with E-state index in [-0.39, 0.29) is 5.38 Å². The molecule has 1 atom stereocenters. The average molecular weight is 187 g/mol. The molecule has 0 aromatic carbocycles. The van der Waals surface area contributed by atoms with Crippen LogP contribution in [0.25, 0.3) is 0 Å². The van der Waals surface area contributed by atoms with Crippen molar-refractivity contribution in [3.8, 4) is 0 Å². The molecule has 1 aromatic heterocycles. The van der Waals surface area contributed by atoms with Gasteiger partial charge in [-0.15, -0.1) is 11.6 Å². The van der Waals surface area contributed by atoms with Gasteiger partial charge >= 0.3 is 0 Å². The molecule has 0 saturated carbocycles. The monoisotopic (exact) mass is 186 g/mol. The van der Waals surface area contributed by atoms with Gasteiger partial charge < -0.3 is 0 Å². The van der Waals surface area contributed by atoms with Crippen LogP contribution in [0.2, 0.25) is 0 Å². The van der Waals surface area contributed by atoms with Crippen LogP contribution in [0, 0.1) is 0 Å². The van der Waals surface area contributed by atoms with Crippen molar-refractivity contribution in [2.45, 2.75) is 38.6 Å². The maximum atomic E-state index is 6.05. The first kappa shape index (κ1) is 9.59. The number of halogens is 1. The lowest BCUT2D eigenvalue weighted by atomic mass is 10.2. The van der Waals surface area contributed by atoms with Crippen molar-refractivity contribution < 1.29 is 0 Å². The Morgan fingerprint density at radius 1 is 1.58 bits per heavy atom. The van der Waals surface area contributed by atoms with Gasteiger partial charge in [0.05, 0.1) is 11.6 Å². The van der Waals surface area contributed by atoms with E-state index in [2.05, 4.69) is 18.9 Å². The van der Waals surface area contributed by atoms with Crippen molar-refractivity contribution in [2.24, 2.45) is 0 Å². The third kappa shape index (κ3) is 2.24. The minimum absolute atomic E-state index is 0.121. The molecule has 0 bridgehead atoms. The number of aryl methyl sites for hydroxylation is 1. The smallest absolute Gasteiger partial charge is 0.0613 e. The van der Waals surface area contributed by atoms with Crippen LogP contribution >= 0.6 is 11.6 Å². The van der Waals surface area contributed by atoms with Gasteiger partial charge in [-0.1, -0.05) is 13.8 Å². The Kier molecular flexibility index (Phi) is 3.60. The lowest BCUT2D eigenvalue weighted by molar-refractivity contribution is 0.602. The van der Waals surface area contributed by atoms with Crippen LogP contribution in [0.4, 0.5) is 0 Å². The average Bonchev–Trinajstić information content (AvgIpc) is 2.52. The Bertz CT molecular complexity index is 232. The van der Waals surface area contributed by atoms with Crippen LogP contribution in [0.1, 0.15) is 37.6 Å². The molecule has 0 fully saturated rings.